The van der Waals surface area contributed by atoms with Gasteiger partial charge in [-0.25, -0.2) is 0 Å². The summed E-state index contributed by atoms with van der Waals surface area (Å²) in [4.78, 5) is 0. The van der Waals surface area contributed by atoms with Crippen molar-refractivity contribution in [2.45, 2.75) is 73.2 Å². The monoisotopic (exact) mass is 474 g/mol. The van der Waals surface area contributed by atoms with Crippen molar-refractivity contribution in [1.82, 2.24) is 0 Å². The van der Waals surface area contributed by atoms with E-state index in [1.54, 1.807) is 0 Å². The summed E-state index contributed by atoms with van der Waals surface area (Å²) >= 11 is 0. The van der Waals surface area contributed by atoms with Crippen LogP contribution >= 0.6 is 0 Å². The molecule has 0 aromatic carbocycles. The standard InChI is InChI=1S/C18H34O14/c19-1-5(23)9(11(25)6(24)2-20)17-15(29)13(27)10(7(3-21)31-17)18-16(30)14(28)12(26)8(4-22)32-18/h5-30H,1-4H2/t5-,6+,7-,8-,9?,10?,11-,12-,13+,14+,15-,16-,17-,18-/m1/s1. The molecule has 0 saturated carbocycles. The molecule has 0 bridgehead atoms. The molecule has 0 aromatic rings. The second kappa shape index (κ2) is 11.7. The summed E-state index contributed by atoms with van der Waals surface area (Å²) in [5, 5.41) is 120. The molecule has 2 aliphatic rings. The third-order valence-electron chi connectivity index (χ3n) is 6.32. The smallest absolute Gasteiger partial charge is 0.111 e. The summed E-state index contributed by atoms with van der Waals surface area (Å²) in [5.74, 6) is -3.04. The second-order valence-corrected chi connectivity index (χ2v) is 8.24. The van der Waals surface area contributed by atoms with Crippen molar-refractivity contribution >= 4 is 0 Å². The minimum atomic E-state index is -1.93. The maximum absolute atomic E-state index is 10.8. The zero-order valence-corrected chi connectivity index (χ0v) is 17.1. The van der Waals surface area contributed by atoms with Gasteiger partial charge >= 0.3 is 0 Å². The highest BCUT2D eigenvalue weighted by Gasteiger charge is 2.57. The van der Waals surface area contributed by atoms with Gasteiger partial charge < -0.3 is 70.8 Å². The van der Waals surface area contributed by atoms with Crippen LogP contribution in [0.1, 0.15) is 0 Å². The molecular formula is C18H34O14. The average Bonchev–Trinajstić information content (AvgIpc) is 2.80. The molecule has 0 amide bonds. The molecule has 14 heteroatoms. The summed E-state index contributed by atoms with van der Waals surface area (Å²) in [6, 6.07) is 0. The largest absolute Gasteiger partial charge is 0.394 e. The Morgan fingerprint density at radius 3 is 1.66 bits per heavy atom. The number of aliphatic hydroxyl groups is 12. The molecule has 2 saturated heterocycles. The van der Waals surface area contributed by atoms with Crippen LogP contribution in [-0.4, -0.2) is 161 Å². The number of rotatable bonds is 9. The molecule has 190 valence electrons. The minimum Gasteiger partial charge on any atom is -0.394 e. The summed E-state index contributed by atoms with van der Waals surface area (Å²) in [7, 11) is 0. The fourth-order valence-corrected chi connectivity index (χ4v) is 4.48. The molecular weight excluding hydrogens is 440 g/mol. The average molecular weight is 474 g/mol. The van der Waals surface area contributed by atoms with Crippen molar-refractivity contribution in [2.75, 3.05) is 26.4 Å². The van der Waals surface area contributed by atoms with Crippen LogP contribution in [-0.2, 0) is 9.47 Å². The van der Waals surface area contributed by atoms with Crippen molar-refractivity contribution in [3.05, 3.63) is 0 Å². The Bertz CT molecular complexity index is 564. The molecule has 14 atom stereocenters. The molecule has 2 rings (SSSR count). The van der Waals surface area contributed by atoms with Gasteiger partial charge in [0.05, 0.1) is 63.1 Å². The third kappa shape index (κ3) is 5.24. The lowest BCUT2D eigenvalue weighted by Crippen LogP contribution is -2.69. The Kier molecular flexibility index (Phi) is 10.1. The summed E-state index contributed by atoms with van der Waals surface area (Å²) in [5.41, 5.74) is 0. The van der Waals surface area contributed by atoms with E-state index < -0.39 is 112 Å². The van der Waals surface area contributed by atoms with Crippen molar-refractivity contribution in [3.63, 3.8) is 0 Å². The topological polar surface area (TPSA) is 261 Å². The first-order chi connectivity index (χ1) is 15.0. The van der Waals surface area contributed by atoms with Crippen LogP contribution in [0.25, 0.3) is 0 Å². The molecule has 12 N–H and O–H groups in total. The second-order valence-electron chi connectivity index (χ2n) is 8.24. The van der Waals surface area contributed by atoms with Gasteiger partial charge in [0.1, 0.15) is 36.6 Å². The molecule has 0 aliphatic carbocycles. The summed E-state index contributed by atoms with van der Waals surface area (Å²) < 4.78 is 11.0. The predicted octanol–water partition coefficient (Wildman–Crippen LogP) is -7.39. The van der Waals surface area contributed by atoms with E-state index >= 15 is 0 Å². The highest BCUT2D eigenvalue weighted by molar-refractivity contribution is 5.05. The van der Waals surface area contributed by atoms with Crippen LogP contribution in [0.3, 0.4) is 0 Å². The molecule has 2 aliphatic heterocycles. The molecule has 0 aromatic heterocycles. The van der Waals surface area contributed by atoms with E-state index in [9.17, 15) is 56.2 Å². The lowest BCUT2D eigenvalue weighted by molar-refractivity contribution is -0.300. The maximum Gasteiger partial charge on any atom is 0.111 e. The highest BCUT2D eigenvalue weighted by atomic mass is 16.6. The fourth-order valence-electron chi connectivity index (χ4n) is 4.48. The molecule has 32 heavy (non-hydrogen) atoms. The molecule has 2 fully saturated rings. The lowest BCUT2D eigenvalue weighted by Gasteiger charge is -2.52. The van der Waals surface area contributed by atoms with Crippen molar-refractivity contribution < 1.29 is 70.8 Å². The van der Waals surface area contributed by atoms with Gasteiger partial charge in [-0.05, 0) is 0 Å². The van der Waals surface area contributed by atoms with E-state index in [-0.39, 0.29) is 0 Å². The normalized spacial score (nSPS) is 44.6. The summed E-state index contributed by atoms with van der Waals surface area (Å²) in [6.07, 6.45) is -20.5. The van der Waals surface area contributed by atoms with Gasteiger partial charge in [-0.15, -0.1) is 0 Å². The zero-order chi connectivity index (χ0) is 24.3. The maximum atomic E-state index is 10.8. The van der Waals surface area contributed by atoms with Crippen LogP contribution in [0, 0.1) is 11.8 Å². The van der Waals surface area contributed by atoms with Crippen LogP contribution in [0.4, 0.5) is 0 Å². The van der Waals surface area contributed by atoms with E-state index in [0.29, 0.717) is 0 Å². The van der Waals surface area contributed by atoms with Gasteiger partial charge in [-0.2, -0.15) is 0 Å². The Labute approximate surface area is 183 Å². The van der Waals surface area contributed by atoms with Crippen LogP contribution in [0.15, 0.2) is 0 Å². The summed E-state index contributed by atoms with van der Waals surface area (Å²) in [6.45, 7) is -3.46. The SMILES string of the molecule is OC[C@@H](O)C([C@H]1O[C@H](CO)C([C@H]2O[C@H](CO)[C@@H](O)[C@H](O)[C@H]2O)[C@H](O)[C@H]1O)[C@H](O)[C@@H](O)CO. The van der Waals surface area contributed by atoms with Crippen LogP contribution in [0.2, 0.25) is 0 Å². The first-order valence-corrected chi connectivity index (χ1v) is 10.2. The quantitative estimate of drug-likeness (QED) is 0.148. The Hall–Kier alpha value is -0.560. The zero-order valence-electron chi connectivity index (χ0n) is 17.1. The number of aliphatic hydroxyl groups excluding tert-OH is 12. The molecule has 0 radical (unpaired) electrons. The van der Waals surface area contributed by atoms with Crippen molar-refractivity contribution in [2.24, 2.45) is 11.8 Å². The predicted molar refractivity (Wildman–Crippen MR) is 101 cm³/mol. The van der Waals surface area contributed by atoms with Crippen molar-refractivity contribution in [3.8, 4) is 0 Å². The molecule has 2 heterocycles. The van der Waals surface area contributed by atoms with E-state index in [4.69, 9.17) is 14.6 Å². The molecule has 0 spiro atoms. The highest BCUT2D eigenvalue weighted by Crippen LogP contribution is 2.38. The van der Waals surface area contributed by atoms with E-state index in [2.05, 4.69) is 0 Å². The lowest BCUT2D eigenvalue weighted by atomic mass is 9.74. The van der Waals surface area contributed by atoms with Gasteiger partial charge in [-0.1, -0.05) is 0 Å². The first kappa shape index (κ1) is 27.7. The van der Waals surface area contributed by atoms with Gasteiger partial charge in [-0.3, -0.25) is 0 Å². The third-order valence-corrected chi connectivity index (χ3v) is 6.32. The minimum absolute atomic E-state index is 0.754. The number of ether oxygens (including phenoxy) is 2. The fraction of sp³-hybridized carbons (Fsp3) is 1.00. The molecule has 2 unspecified atom stereocenters. The Morgan fingerprint density at radius 1 is 0.594 bits per heavy atom. The van der Waals surface area contributed by atoms with Crippen LogP contribution in [0.5, 0.6) is 0 Å². The van der Waals surface area contributed by atoms with Gasteiger partial charge in [0.2, 0.25) is 0 Å². The van der Waals surface area contributed by atoms with Crippen LogP contribution < -0.4 is 0 Å². The Morgan fingerprint density at radius 2 is 1.16 bits per heavy atom. The number of hydrogen-bond donors (Lipinski definition) is 12. The number of hydrogen-bond acceptors (Lipinski definition) is 14. The van der Waals surface area contributed by atoms with Gasteiger partial charge in [0, 0.05) is 11.8 Å². The van der Waals surface area contributed by atoms with Gasteiger partial charge in [0.15, 0.2) is 0 Å². The van der Waals surface area contributed by atoms with E-state index in [0.717, 1.165) is 0 Å². The van der Waals surface area contributed by atoms with Crippen molar-refractivity contribution in [1.29, 1.82) is 0 Å². The van der Waals surface area contributed by atoms with E-state index in [1.807, 2.05) is 0 Å². The van der Waals surface area contributed by atoms with Gasteiger partial charge in [0.25, 0.3) is 0 Å². The first-order valence-electron chi connectivity index (χ1n) is 10.2. The van der Waals surface area contributed by atoms with E-state index in [1.165, 1.54) is 0 Å². The molecule has 14 nitrogen and oxygen atoms in total. The Balaban J connectivity index is 2.35.